The van der Waals surface area contributed by atoms with Crippen LogP contribution in [-0.4, -0.2) is 36.1 Å². The summed E-state index contributed by atoms with van der Waals surface area (Å²) in [6, 6.07) is 15.3. The number of nitrogens with zero attached hydrogens (tertiary/aromatic N) is 2. The van der Waals surface area contributed by atoms with Crippen LogP contribution in [0.4, 0.5) is 10.5 Å². The summed E-state index contributed by atoms with van der Waals surface area (Å²) < 4.78 is 12.9. The fourth-order valence-corrected chi connectivity index (χ4v) is 4.24. The molecule has 1 fully saturated rings. The number of ether oxygens (including phenoxy) is 2. The molecule has 1 unspecified atom stereocenters. The Hall–Kier alpha value is -4.04. The Labute approximate surface area is 220 Å². The van der Waals surface area contributed by atoms with Gasteiger partial charge in [0.2, 0.25) is 0 Å². The normalized spacial score (nSPS) is 15.6. The molecule has 1 N–H and O–H groups in total. The van der Waals surface area contributed by atoms with Gasteiger partial charge in [-0.1, -0.05) is 37.6 Å². The predicted octanol–water partition coefficient (Wildman–Crippen LogP) is 5.41. The van der Waals surface area contributed by atoms with Gasteiger partial charge in [-0.25, -0.2) is 9.69 Å². The summed E-state index contributed by atoms with van der Waals surface area (Å²) in [5.41, 5.74) is 1.94. The molecule has 0 bridgehead atoms. The number of benzene rings is 2. The lowest BCUT2D eigenvalue weighted by molar-refractivity contribution is -0.122. The number of rotatable bonds is 9. The number of carbonyl (C=O) groups excluding carboxylic acids is 3. The number of barbiturate groups is 1. The first-order valence-electron chi connectivity index (χ1n) is 11.9. The number of imide groups is 2. The molecule has 1 saturated heterocycles. The average Bonchev–Trinajstić information content (AvgIpc) is 3.33. The van der Waals surface area contributed by atoms with E-state index in [2.05, 4.69) is 31.3 Å². The summed E-state index contributed by atoms with van der Waals surface area (Å²) in [6.07, 6.45) is 4.37. The van der Waals surface area contributed by atoms with Crippen LogP contribution < -0.4 is 19.7 Å². The molecule has 0 spiro atoms. The van der Waals surface area contributed by atoms with Crippen molar-refractivity contribution in [1.29, 1.82) is 0 Å². The molecule has 1 aliphatic rings. The second-order valence-corrected chi connectivity index (χ2v) is 9.04. The number of halogens is 1. The third kappa shape index (κ3) is 5.70. The molecule has 4 amide bonds. The Morgan fingerprint density at radius 1 is 1.08 bits per heavy atom. The van der Waals surface area contributed by atoms with Crippen molar-refractivity contribution in [2.24, 2.45) is 0 Å². The summed E-state index contributed by atoms with van der Waals surface area (Å²) in [4.78, 5) is 39.1. The molecule has 192 valence electrons. The SMILES string of the molecule is CCC(C)c1ccc(OCCn2cccc2/C=C2/C(=O)NC(=O)N(c3ccc(OC)c(Cl)c3)C2=O)cc1. The predicted molar refractivity (Wildman–Crippen MR) is 142 cm³/mol. The highest BCUT2D eigenvalue weighted by Gasteiger charge is 2.37. The molecular formula is C28H28ClN3O5. The molecule has 4 rings (SSSR count). The van der Waals surface area contributed by atoms with Crippen molar-refractivity contribution in [3.8, 4) is 11.5 Å². The van der Waals surface area contributed by atoms with Gasteiger partial charge >= 0.3 is 6.03 Å². The fourth-order valence-electron chi connectivity index (χ4n) is 3.99. The molecule has 0 radical (unpaired) electrons. The molecule has 1 aliphatic heterocycles. The highest BCUT2D eigenvalue weighted by atomic mass is 35.5. The van der Waals surface area contributed by atoms with Crippen LogP contribution >= 0.6 is 11.6 Å². The van der Waals surface area contributed by atoms with Gasteiger partial charge in [0.15, 0.2) is 0 Å². The topological polar surface area (TPSA) is 89.9 Å². The number of urea groups is 1. The first kappa shape index (κ1) is 26.0. The van der Waals surface area contributed by atoms with E-state index in [1.165, 1.54) is 30.9 Å². The van der Waals surface area contributed by atoms with Crippen LogP contribution in [0.5, 0.6) is 11.5 Å². The van der Waals surface area contributed by atoms with Crippen molar-refractivity contribution >= 4 is 41.2 Å². The van der Waals surface area contributed by atoms with E-state index in [0.29, 0.717) is 30.5 Å². The lowest BCUT2D eigenvalue weighted by Gasteiger charge is -2.26. The second kappa shape index (κ2) is 11.3. The highest BCUT2D eigenvalue weighted by Crippen LogP contribution is 2.31. The Morgan fingerprint density at radius 2 is 1.84 bits per heavy atom. The van der Waals surface area contributed by atoms with E-state index in [0.717, 1.165) is 17.1 Å². The molecule has 3 aromatic rings. The van der Waals surface area contributed by atoms with Crippen LogP contribution in [0.1, 0.15) is 37.4 Å². The maximum Gasteiger partial charge on any atom is 0.335 e. The second-order valence-electron chi connectivity index (χ2n) is 8.63. The van der Waals surface area contributed by atoms with Gasteiger partial charge in [0.25, 0.3) is 11.8 Å². The molecular weight excluding hydrogens is 494 g/mol. The summed E-state index contributed by atoms with van der Waals surface area (Å²) in [5, 5.41) is 2.45. The zero-order chi connectivity index (χ0) is 26.5. The van der Waals surface area contributed by atoms with Crippen LogP contribution in [0.3, 0.4) is 0 Å². The minimum atomic E-state index is -0.850. The minimum Gasteiger partial charge on any atom is -0.495 e. The Morgan fingerprint density at radius 3 is 2.51 bits per heavy atom. The van der Waals surface area contributed by atoms with Crippen LogP contribution in [-0.2, 0) is 16.1 Å². The van der Waals surface area contributed by atoms with E-state index < -0.39 is 17.8 Å². The van der Waals surface area contributed by atoms with Crippen molar-refractivity contribution in [3.05, 3.63) is 82.6 Å². The number of aromatic nitrogens is 1. The maximum atomic E-state index is 13.2. The van der Waals surface area contributed by atoms with Crippen LogP contribution in [0.25, 0.3) is 6.08 Å². The Balaban J connectivity index is 1.48. The van der Waals surface area contributed by atoms with Crippen molar-refractivity contribution < 1.29 is 23.9 Å². The number of anilines is 1. The van der Waals surface area contributed by atoms with Crippen molar-refractivity contribution in [2.45, 2.75) is 32.7 Å². The molecule has 2 aromatic carbocycles. The minimum absolute atomic E-state index is 0.173. The molecule has 9 heteroatoms. The van der Waals surface area contributed by atoms with E-state index in [9.17, 15) is 14.4 Å². The summed E-state index contributed by atoms with van der Waals surface area (Å²) in [7, 11) is 1.46. The average molecular weight is 522 g/mol. The van der Waals surface area contributed by atoms with Crippen molar-refractivity contribution in [2.75, 3.05) is 18.6 Å². The smallest absolute Gasteiger partial charge is 0.335 e. The van der Waals surface area contributed by atoms with Gasteiger partial charge in [0.1, 0.15) is 23.7 Å². The highest BCUT2D eigenvalue weighted by molar-refractivity contribution is 6.39. The number of hydrogen-bond donors (Lipinski definition) is 1. The quantitative estimate of drug-likeness (QED) is 0.300. The third-order valence-corrected chi connectivity index (χ3v) is 6.61. The number of methoxy groups -OCH3 is 1. The lowest BCUT2D eigenvalue weighted by Crippen LogP contribution is -2.54. The van der Waals surface area contributed by atoms with E-state index in [1.54, 1.807) is 12.1 Å². The number of nitrogens with one attached hydrogen (secondary N) is 1. The molecule has 2 heterocycles. The number of carbonyl (C=O) groups is 3. The van der Waals surface area contributed by atoms with Crippen LogP contribution in [0.15, 0.2) is 66.4 Å². The van der Waals surface area contributed by atoms with Crippen LogP contribution in [0.2, 0.25) is 5.02 Å². The molecule has 8 nitrogen and oxygen atoms in total. The first-order valence-corrected chi connectivity index (χ1v) is 12.3. The monoisotopic (exact) mass is 521 g/mol. The van der Waals surface area contributed by atoms with Gasteiger partial charge in [-0.15, -0.1) is 0 Å². The van der Waals surface area contributed by atoms with Crippen LogP contribution in [0, 0.1) is 0 Å². The van der Waals surface area contributed by atoms with Crippen molar-refractivity contribution in [3.63, 3.8) is 0 Å². The molecule has 37 heavy (non-hydrogen) atoms. The van der Waals surface area contributed by atoms with Gasteiger partial charge in [-0.05, 0) is 66.4 Å². The lowest BCUT2D eigenvalue weighted by atomic mass is 9.99. The largest absolute Gasteiger partial charge is 0.495 e. The molecule has 1 aromatic heterocycles. The first-order chi connectivity index (χ1) is 17.8. The summed E-state index contributed by atoms with van der Waals surface area (Å²) in [6.45, 7) is 5.23. The molecule has 0 aliphatic carbocycles. The number of amides is 4. The maximum absolute atomic E-state index is 13.2. The number of hydrogen-bond acceptors (Lipinski definition) is 5. The summed E-state index contributed by atoms with van der Waals surface area (Å²) in [5.74, 6) is 0.149. The van der Waals surface area contributed by atoms with Gasteiger partial charge in [-0.3, -0.25) is 14.9 Å². The van der Waals surface area contributed by atoms with Gasteiger partial charge in [0.05, 0.1) is 24.4 Å². The van der Waals surface area contributed by atoms with E-state index in [-0.39, 0.29) is 16.3 Å². The zero-order valence-corrected chi connectivity index (χ0v) is 21.6. The molecule has 1 atom stereocenters. The Bertz CT molecular complexity index is 1350. The summed E-state index contributed by atoms with van der Waals surface area (Å²) >= 11 is 6.17. The Kier molecular flexibility index (Phi) is 7.98. The molecule has 0 saturated carbocycles. The van der Waals surface area contributed by atoms with E-state index in [4.69, 9.17) is 21.1 Å². The van der Waals surface area contributed by atoms with E-state index in [1.807, 2.05) is 29.0 Å². The van der Waals surface area contributed by atoms with Gasteiger partial charge in [-0.2, -0.15) is 0 Å². The zero-order valence-electron chi connectivity index (χ0n) is 20.9. The standard InChI is InChI=1S/C28H28ClN3O5/c1-4-18(2)19-7-10-22(11-8-19)37-15-14-31-13-5-6-20(31)16-23-26(33)30-28(35)32(27(23)34)21-9-12-25(36-3)24(29)17-21/h5-13,16-18H,4,14-15H2,1-3H3,(H,30,33,35)/b23-16-. The van der Waals surface area contributed by atoms with E-state index >= 15 is 0 Å². The fraction of sp³-hybridized carbons (Fsp3) is 0.250. The van der Waals surface area contributed by atoms with Gasteiger partial charge in [0, 0.05) is 11.9 Å². The van der Waals surface area contributed by atoms with Gasteiger partial charge < -0.3 is 14.0 Å². The third-order valence-electron chi connectivity index (χ3n) is 6.31. The van der Waals surface area contributed by atoms with Crippen molar-refractivity contribution in [1.82, 2.24) is 9.88 Å².